The number of aliphatic carboxylic acids is 1. The number of carboxylic acid groups (broad SMARTS) is 1. The summed E-state index contributed by atoms with van der Waals surface area (Å²) in [6.45, 7) is 5.97. The number of para-hydroxylation sites is 1. The van der Waals surface area contributed by atoms with Gasteiger partial charge < -0.3 is 98.4 Å². The molecular weight excluding hydrogens is 1720 g/mol. The first-order valence-electron chi connectivity index (χ1n) is 43.2. The highest BCUT2D eigenvalue weighted by Crippen LogP contribution is 2.25. The van der Waals surface area contributed by atoms with E-state index < -0.39 is 215 Å². The maximum atomic E-state index is 15.6. The Balaban J connectivity index is 1.22. The van der Waals surface area contributed by atoms with Crippen LogP contribution in [0.4, 0.5) is 5.69 Å². The molecule has 15 amide bonds. The third kappa shape index (κ3) is 30.7. The molecule has 0 saturated carbocycles. The maximum absolute atomic E-state index is 15.6. The zero-order valence-corrected chi connectivity index (χ0v) is 76.1. The number of fused-ring (bicyclic) bond motifs is 1. The Bertz CT molecular complexity index is 5240. The molecule has 39 heteroatoms. The monoisotopic (exact) mass is 1840 g/mol. The molecule has 1 aliphatic rings. The predicted molar refractivity (Wildman–Crippen MR) is 489 cm³/mol. The van der Waals surface area contributed by atoms with E-state index in [9.17, 15) is 63.8 Å². The number of nitrogens with zero attached hydrogens (tertiary/aromatic N) is 6. The van der Waals surface area contributed by atoms with Gasteiger partial charge in [0.15, 0.2) is 0 Å². The Kier molecular flexibility index (Phi) is 38.7. The zero-order valence-electron chi connectivity index (χ0n) is 75.3. The number of phenols is 2. The molecule has 132 heavy (non-hydrogen) atoms. The van der Waals surface area contributed by atoms with Crippen molar-refractivity contribution >= 4 is 123 Å². The highest BCUT2D eigenvalue weighted by molar-refractivity contribution is 8.00. The fourth-order valence-electron chi connectivity index (χ4n) is 15.1. The van der Waals surface area contributed by atoms with Gasteiger partial charge >= 0.3 is 5.97 Å². The minimum absolute atomic E-state index is 0.0196. The molecule has 2 heterocycles. The summed E-state index contributed by atoms with van der Waals surface area (Å²) in [7, 11) is 6.35. The summed E-state index contributed by atoms with van der Waals surface area (Å²) in [5.74, 6) is -18.3. The van der Waals surface area contributed by atoms with Crippen molar-refractivity contribution in [3.8, 4) is 11.5 Å². The summed E-state index contributed by atoms with van der Waals surface area (Å²) >= 11 is 0.759. The molecule has 0 unspecified atom stereocenters. The molecule has 11 atom stereocenters. The highest BCUT2D eigenvalue weighted by atomic mass is 32.2. The molecule has 1 fully saturated rings. The Morgan fingerprint density at radius 2 is 0.947 bits per heavy atom. The van der Waals surface area contributed by atoms with E-state index in [1.165, 1.54) is 108 Å². The van der Waals surface area contributed by atoms with Crippen molar-refractivity contribution in [3.63, 3.8) is 0 Å². The number of nitro benzene ring substituents is 1. The summed E-state index contributed by atoms with van der Waals surface area (Å²) in [6, 6.07) is 22.7. The predicted octanol–water partition coefficient (Wildman–Crippen LogP) is 2.23. The van der Waals surface area contributed by atoms with Crippen molar-refractivity contribution in [2.24, 2.45) is 17.6 Å². The number of non-ortho nitro benzene ring substituents is 1. The molecule has 0 spiro atoms. The number of hydrogen-bond acceptors (Lipinski definition) is 21. The molecular formula is C93H117N17O21S. The lowest BCUT2D eigenvalue weighted by atomic mass is 9.98. The summed E-state index contributed by atoms with van der Waals surface area (Å²) < 4.78 is 0. The second-order valence-corrected chi connectivity index (χ2v) is 34.5. The Labute approximate surface area is 768 Å². The van der Waals surface area contributed by atoms with Crippen LogP contribution in [-0.2, 0) is 115 Å². The van der Waals surface area contributed by atoms with Crippen molar-refractivity contribution in [2.45, 2.75) is 172 Å². The number of nitrogens with one attached hydrogen (secondary N) is 10. The number of unbranched alkanes of at least 4 members (excludes halogenated alkanes) is 1. The van der Waals surface area contributed by atoms with Gasteiger partial charge in [-0.3, -0.25) is 86.8 Å². The number of primary amides is 1. The molecule has 8 rings (SSSR count). The van der Waals surface area contributed by atoms with Gasteiger partial charge in [-0.05, 0) is 88.4 Å². The maximum Gasteiger partial charge on any atom is 0.305 e. The van der Waals surface area contributed by atoms with Crippen LogP contribution in [0.5, 0.6) is 11.5 Å². The standard InChI is InChI=1S/C93H117N17O21S/c1-11-12-27-74-91(127)106(7)51-79(115)98-70(47-81(117)118)87(123)104-82(55(4)5)93(129)108(9)75(44-56-21-15-13-16-22-56)88(124)102-71(42-60-32-38-64(112)39-33-60)89(125)105(6)50-78(114)97-69(46-61-48-95-66-26-20-19-25-65(61)66)86(122)101-68(41-59-30-36-63(111)37-31-59)85(121)100-67(40-54(2)3)84(120)103-73(83(119)96-49-77(94)113)52-132-53-80(116)99-72(43-58-28-34-62(35-29-58)110(130)131)90(126)109(10)76(92(128)107(74)8)45-57-23-17-14-18-24-57/h13-26,28-39,48,54-55,67-76,82,95,111-112H,11-12,27,40-47,49-53H2,1-10H3,(H2,94,113)(H,96,119)(H,97,114)(H,98,115)(H,99,116)(H,100,121)(H,101,122)(H,102,124)(H,103,120)(H,104,123)(H,117,118)/t67-,68-,69+,70-,71-,72-,73-,74+,75-,76-,82-/m0/s1. The number of H-pyrrole nitrogens is 1. The quantitative estimate of drug-likeness (QED) is 0.0305. The zero-order chi connectivity index (χ0) is 96.7. The van der Waals surface area contributed by atoms with E-state index in [2.05, 4.69) is 52.8 Å². The van der Waals surface area contributed by atoms with Crippen LogP contribution in [0.3, 0.4) is 0 Å². The van der Waals surface area contributed by atoms with Gasteiger partial charge in [0.05, 0.1) is 36.7 Å². The minimum atomic E-state index is -1.94. The molecule has 0 aliphatic carbocycles. The van der Waals surface area contributed by atoms with E-state index >= 15 is 38.4 Å². The van der Waals surface area contributed by atoms with Crippen LogP contribution in [0.1, 0.15) is 100 Å². The summed E-state index contributed by atoms with van der Waals surface area (Å²) in [6.07, 6.45) is -0.487. The van der Waals surface area contributed by atoms with Crippen LogP contribution in [0, 0.1) is 22.0 Å². The summed E-state index contributed by atoms with van der Waals surface area (Å²) in [5, 5.41) is 67.2. The number of phenolic OH excluding ortho intramolecular Hbond substituents is 2. The fourth-order valence-corrected chi connectivity index (χ4v) is 15.9. The molecule has 0 bridgehead atoms. The van der Waals surface area contributed by atoms with E-state index in [4.69, 9.17) is 5.73 Å². The second-order valence-electron chi connectivity index (χ2n) is 33.5. The van der Waals surface area contributed by atoms with E-state index in [0.717, 1.165) is 36.3 Å². The van der Waals surface area contributed by atoms with Gasteiger partial charge in [0, 0.05) is 109 Å². The van der Waals surface area contributed by atoms with Gasteiger partial charge in [0.1, 0.15) is 78.0 Å². The van der Waals surface area contributed by atoms with Crippen LogP contribution in [-0.4, -0.2) is 277 Å². The van der Waals surface area contributed by atoms with Crippen molar-refractivity contribution in [1.29, 1.82) is 0 Å². The number of carbonyl (C=O) groups excluding carboxylic acids is 15. The van der Waals surface area contributed by atoms with Crippen molar-refractivity contribution in [1.82, 2.24) is 77.3 Å². The summed E-state index contributed by atoms with van der Waals surface area (Å²) in [5.41, 5.74) is 8.36. The Morgan fingerprint density at radius 1 is 0.492 bits per heavy atom. The number of hydrogen-bond donors (Lipinski definition) is 14. The number of aromatic nitrogens is 1. The molecule has 706 valence electrons. The van der Waals surface area contributed by atoms with Crippen molar-refractivity contribution in [2.75, 3.05) is 66.4 Å². The van der Waals surface area contributed by atoms with Crippen LogP contribution >= 0.6 is 11.8 Å². The van der Waals surface area contributed by atoms with Gasteiger partial charge in [-0.1, -0.05) is 163 Å². The number of rotatable bonds is 24. The van der Waals surface area contributed by atoms with Gasteiger partial charge in [0.25, 0.3) is 5.69 Å². The SMILES string of the molecule is CCCC[C@@H]1C(=O)N(C)CC(=O)N[C@@H](CC(=O)O)C(=O)N[C@@H](C(C)C)C(=O)N(C)[C@@H](Cc2ccccc2)C(=O)N[C@@H](Cc2ccc(O)cc2)C(=O)N(C)CC(=O)N[C@H](Cc2c[nH]c3ccccc23)C(=O)N[C@@H](Cc2ccc(O)cc2)C(=O)N[C@@H](CC(C)C)C(=O)N[C@H](C(=O)NCC(N)=O)CSCC(=O)N[C@@H](Cc2ccc([N+](=O)[O-])cc2)C(=O)N(C)[C@@H](Cc2ccccc2)C(=O)N1C. The number of aromatic hydroxyl groups is 2. The fraction of sp³-hybridized carbons (Fsp3) is 0.419. The molecule has 1 aliphatic heterocycles. The Hall–Kier alpha value is -14.3. The normalized spacial score (nSPS) is 21.7. The number of nitro groups is 1. The average molecular weight is 1840 g/mol. The largest absolute Gasteiger partial charge is 0.508 e. The molecule has 0 radical (unpaired) electrons. The average Bonchev–Trinajstić information content (AvgIpc) is 1.59. The smallest absolute Gasteiger partial charge is 0.305 e. The molecule has 1 saturated heterocycles. The number of thioether (sulfide) groups is 1. The van der Waals surface area contributed by atoms with Gasteiger partial charge in [-0.25, -0.2) is 0 Å². The highest BCUT2D eigenvalue weighted by Gasteiger charge is 2.42. The number of likely N-dealkylation sites (N-methyl/N-ethyl adjacent to an activating group) is 5. The van der Waals surface area contributed by atoms with Gasteiger partial charge in [-0.2, -0.15) is 0 Å². The minimum Gasteiger partial charge on any atom is -0.508 e. The molecule has 7 aromatic rings. The lowest BCUT2D eigenvalue weighted by Gasteiger charge is -2.37. The van der Waals surface area contributed by atoms with Crippen LogP contribution in [0.2, 0.25) is 0 Å². The summed E-state index contributed by atoms with van der Waals surface area (Å²) in [4.78, 5) is 255. The first-order chi connectivity index (χ1) is 62.7. The Morgan fingerprint density at radius 3 is 1.48 bits per heavy atom. The number of benzene rings is 6. The number of carboxylic acids is 1. The molecule has 6 aromatic carbocycles. The topological polar surface area (TPSA) is 543 Å². The lowest BCUT2D eigenvalue weighted by molar-refractivity contribution is -0.384. The van der Waals surface area contributed by atoms with E-state index in [1.54, 1.807) is 119 Å². The van der Waals surface area contributed by atoms with Crippen LogP contribution in [0.25, 0.3) is 10.9 Å². The molecule has 1 aromatic heterocycles. The first-order valence-corrected chi connectivity index (χ1v) is 44.3. The van der Waals surface area contributed by atoms with E-state index in [1.807, 2.05) is 6.92 Å². The number of amides is 15. The number of carbonyl (C=O) groups is 16. The molecule has 15 N–H and O–H groups in total. The lowest BCUT2D eigenvalue weighted by Crippen LogP contribution is -2.61. The third-order valence-corrected chi connectivity index (χ3v) is 23.4. The van der Waals surface area contributed by atoms with Crippen LogP contribution < -0.4 is 53.6 Å². The van der Waals surface area contributed by atoms with E-state index in [0.29, 0.717) is 57.1 Å². The van der Waals surface area contributed by atoms with Gasteiger partial charge in [0.2, 0.25) is 88.6 Å². The van der Waals surface area contributed by atoms with E-state index in [-0.39, 0.29) is 68.6 Å². The van der Waals surface area contributed by atoms with Crippen LogP contribution in [0.15, 0.2) is 164 Å². The first kappa shape index (κ1) is 103. The number of aromatic amines is 1. The number of nitrogens with two attached hydrogens (primary N) is 1. The second kappa shape index (κ2) is 49.5. The van der Waals surface area contributed by atoms with Gasteiger partial charge in [-0.15, -0.1) is 11.8 Å². The molecule has 38 nitrogen and oxygen atoms in total. The van der Waals surface area contributed by atoms with Crippen molar-refractivity contribution < 1.29 is 97.0 Å². The van der Waals surface area contributed by atoms with Crippen molar-refractivity contribution in [3.05, 3.63) is 207 Å². The third-order valence-electron chi connectivity index (χ3n) is 22.4.